The van der Waals surface area contributed by atoms with Gasteiger partial charge in [0.25, 0.3) is 5.91 Å². The highest BCUT2D eigenvalue weighted by atomic mass is 35.5. The van der Waals surface area contributed by atoms with Crippen molar-refractivity contribution >= 4 is 17.5 Å². The van der Waals surface area contributed by atoms with Gasteiger partial charge in [-0.2, -0.15) is 5.26 Å². The zero-order valence-electron chi connectivity index (χ0n) is 13.9. The average Bonchev–Trinajstić information content (AvgIpc) is 2.56. The minimum absolute atomic E-state index is 0.137. The zero-order valence-corrected chi connectivity index (χ0v) is 14.7. The number of likely N-dealkylation sites (N-methyl/N-ethyl adjacent to an activating group) is 1. The summed E-state index contributed by atoms with van der Waals surface area (Å²) in [6.07, 6.45) is 0. The van der Waals surface area contributed by atoms with E-state index in [1.807, 2.05) is 12.1 Å². The summed E-state index contributed by atoms with van der Waals surface area (Å²) in [5.74, 6) is 0.450. The van der Waals surface area contributed by atoms with E-state index in [9.17, 15) is 4.79 Å². The second kappa shape index (κ2) is 7.37. The number of nitrogens with zero attached hydrogens (tertiary/aromatic N) is 2. The smallest absolute Gasteiger partial charge is 0.266 e. The van der Waals surface area contributed by atoms with E-state index in [0.717, 1.165) is 5.56 Å². The van der Waals surface area contributed by atoms with Crippen LogP contribution in [0.3, 0.4) is 0 Å². The maximum atomic E-state index is 12.7. The molecule has 2 aromatic rings. The molecule has 0 aliphatic carbocycles. The van der Waals surface area contributed by atoms with Crippen molar-refractivity contribution in [1.29, 1.82) is 5.26 Å². The molecule has 0 saturated carbocycles. The van der Waals surface area contributed by atoms with Crippen molar-refractivity contribution in [3.63, 3.8) is 0 Å². The van der Waals surface area contributed by atoms with Gasteiger partial charge < -0.3 is 9.64 Å². The van der Waals surface area contributed by atoms with E-state index in [2.05, 4.69) is 6.07 Å². The second-order valence-electron chi connectivity index (χ2n) is 6.04. The van der Waals surface area contributed by atoms with Crippen molar-refractivity contribution in [3.05, 3.63) is 64.7 Å². The molecule has 0 unspecified atom stereocenters. The lowest BCUT2D eigenvalue weighted by Crippen LogP contribution is -2.47. The maximum Gasteiger partial charge on any atom is 0.266 e. The molecule has 0 aliphatic heterocycles. The SMILES string of the molecule is CN(Cc1ccc(C#N)cc1)C(=O)C(C)(C)Oc1ccc(Cl)cc1. The minimum atomic E-state index is -1.00. The first kappa shape index (κ1) is 17.8. The lowest BCUT2D eigenvalue weighted by Gasteiger charge is -2.30. The van der Waals surface area contributed by atoms with Crippen LogP contribution >= 0.6 is 11.6 Å². The fourth-order valence-corrected chi connectivity index (χ4v) is 2.46. The Bertz CT molecular complexity index is 746. The predicted octanol–water partition coefficient (Wildman–Crippen LogP) is 4.03. The summed E-state index contributed by atoms with van der Waals surface area (Å²) < 4.78 is 5.82. The van der Waals surface area contributed by atoms with Crippen molar-refractivity contribution in [2.24, 2.45) is 0 Å². The van der Waals surface area contributed by atoms with Crippen LogP contribution < -0.4 is 4.74 Å². The lowest BCUT2D eigenvalue weighted by atomic mass is 10.1. The van der Waals surface area contributed by atoms with E-state index in [-0.39, 0.29) is 5.91 Å². The monoisotopic (exact) mass is 342 g/mol. The first-order valence-electron chi connectivity index (χ1n) is 7.51. The van der Waals surface area contributed by atoms with Crippen molar-refractivity contribution in [2.75, 3.05) is 7.05 Å². The molecule has 24 heavy (non-hydrogen) atoms. The van der Waals surface area contributed by atoms with Gasteiger partial charge in [-0.15, -0.1) is 0 Å². The molecule has 124 valence electrons. The van der Waals surface area contributed by atoms with Crippen LogP contribution in [0.5, 0.6) is 5.75 Å². The van der Waals surface area contributed by atoms with Crippen LogP contribution in [0.4, 0.5) is 0 Å². The molecule has 0 aliphatic rings. The number of rotatable bonds is 5. The summed E-state index contributed by atoms with van der Waals surface area (Å²) in [6, 6.07) is 16.1. The molecule has 0 heterocycles. The number of hydrogen-bond acceptors (Lipinski definition) is 3. The highest BCUT2D eigenvalue weighted by Gasteiger charge is 2.32. The van der Waals surface area contributed by atoms with E-state index in [1.165, 1.54) is 0 Å². The van der Waals surface area contributed by atoms with E-state index in [4.69, 9.17) is 21.6 Å². The summed E-state index contributed by atoms with van der Waals surface area (Å²) in [5.41, 5.74) is 0.543. The van der Waals surface area contributed by atoms with E-state index >= 15 is 0 Å². The van der Waals surface area contributed by atoms with Crippen molar-refractivity contribution < 1.29 is 9.53 Å². The van der Waals surface area contributed by atoms with E-state index < -0.39 is 5.60 Å². The van der Waals surface area contributed by atoms with Crippen LogP contribution in [0.1, 0.15) is 25.0 Å². The number of ether oxygens (including phenoxy) is 1. The molecule has 2 rings (SSSR count). The fourth-order valence-electron chi connectivity index (χ4n) is 2.33. The van der Waals surface area contributed by atoms with Crippen LogP contribution in [0.15, 0.2) is 48.5 Å². The van der Waals surface area contributed by atoms with E-state index in [1.54, 1.807) is 62.2 Å². The van der Waals surface area contributed by atoms with Crippen molar-refractivity contribution in [3.8, 4) is 11.8 Å². The van der Waals surface area contributed by atoms with Gasteiger partial charge in [0.2, 0.25) is 0 Å². The van der Waals surface area contributed by atoms with Gasteiger partial charge in [0, 0.05) is 18.6 Å². The summed E-state index contributed by atoms with van der Waals surface area (Å²) >= 11 is 5.86. The molecule has 0 saturated heterocycles. The Labute approximate surface area is 147 Å². The van der Waals surface area contributed by atoms with Crippen molar-refractivity contribution in [2.45, 2.75) is 26.0 Å². The molecule has 0 atom stereocenters. The molecule has 0 N–H and O–H groups in total. The number of halogens is 1. The number of benzene rings is 2. The summed E-state index contributed by atoms with van der Waals surface area (Å²) in [6.45, 7) is 3.91. The van der Waals surface area contributed by atoms with Crippen LogP contribution in [0.25, 0.3) is 0 Å². The lowest BCUT2D eigenvalue weighted by molar-refractivity contribution is -0.144. The number of nitriles is 1. The van der Waals surface area contributed by atoms with Gasteiger partial charge >= 0.3 is 0 Å². The Morgan fingerprint density at radius 3 is 2.29 bits per heavy atom. The Morgan fingerprint density at radius 2 is 1.75 bits per heavy atom. The largest absolute Gasteiger partial charge is 0.478 e. The summed E-state index contributed by atoms with van der Waals surface area (Å²) in [7, 11) is 1.73. The first-order valence-corrected chi connectivity index (χ1v) is 7.89. The number of carbonyl (C=O) groups is 1. The summed E-state index contributed by atoms with van der Waals surface area (Å²) in [4.78, 5) is 14.3. The predicted molar refractivity (Wildman–Crippen MR) is 93.8 cm³/mol. The van der Waals surface area contributed by atoms with Gasteiger partial charge in [0.05, 0.1) is 11.6 Å². The van der Waals surface area contributed by atoms with Gasteiger partial charge in [0.15, 0.2) is 5.60 Å². The number of amides is 1. The third-order valence-electron chi connectivity index (χ3n) is 3.55. The minimum Gasteiger partial charge on any atom is -0.478 e. The summed E-state index contributed by atoms with van der Waals surface area (Å²) in [5, 5.41) is 9.44. The molecule has 5 heteroatoms. The third-order valence-corrected chi connectivity index (χ3v) is 3.80. The molecule has 4 nitrogen and oxygen atoms in total. The van der Waals surface area contributed by atoms with E-state index in [0.29, 0.717) is 22.9 Å². The van der Waals surface area contributed by atoms with Gasteiger partial charge in [0.1, 0.15) is 5.75 Å². The molecular formula is C19H19ClN2O2. The number of carbonyl (C=O) groups excluding carboxylic acids is 1. The topological polar surface area (TPSA) is 53.3 Å². The van der Waals surface area contributed by atoms with Crippen LogP contribution in [0.2, 0.25) is 5.02 Å². The quantitative estimate of drug-likeness (QED) is 0.824. The molecule has 1 amide bonds. The van der Waals surface area contributed by atoms with Crippen LogP contribution in [0, 0.1) is 11.3 Å². The highest BCUT2D eigenvalue weighted by Crippen LogP contribution is 2.22. The average molecular weight is 343 g/mol. The third kappa shape index (κ3) is 4.50. The van der Waals surface area contributed by atoms with Gasteiger partial charge in [-0.3, -0.25) is 4.79 Å². The second-order valence-corrected chi connectivity index (χ2v) is 6.47. The van der Waals surface area contributed by atoms with Gasteiger partial charge in [-0.05, 0) is 55.8 Å². The molecule has 0 aromatic heterocycles. The van der Waals surface area contributed by atoms with Crippen LogP contribution in [-0.2, 0) is 11.3 Å². The maximum absolute atomic E-state index is 12.7. The highest BCUT2D eigenvalue weighted by molar-refractivity contribution is 6.30. The zero-order chi connectivity index (χ0) is 17.7. The first-order chi connectivity index (χ1) is 11.3. The Balaban J connectivity index is 2.04. The standard InChI is InChI=1S/C19H19ClN2O2/c1-19(2,24-17-10-8-16(20)9-11-17)18(23)22(3)13-15-6-4-14(12-21)5-7-15/h4-11H,13H2,1-3H3. The molecule has 0 radical (unpaired) electrons. The Morgan fingerprint density at radius 1 is 1.17 bits per heavy atom. The Hall–Kier alpha value is -2.51. The normalized spacial score (nSPS) is 10.8. The fraction of sp³-hybridized carbons (Fsp3) is 0.263. The molecule has 2 aromatic carbocycles. The van der Waals surface area contributed by atoms with Gasteiger partial charge in [-0.1, -0.05) is 23.7 Å². The molecule has 0 fully saturated rings. The number of hydrogen-bond donors (Lipinski definition) is 0. The Kier molecular flexibility index (Phi) is 5.48. The molecular weight excluding hydrogens is 324 g/mol. The van der Waals surface area contributed by atoms with Crippen molar-refractivity contribution in [1.82, 2.24) is 4.90 Å². The molecule has 0 bridgehead atoms. The van der Waals surface area contributed by atoms with Crippen LogP contribution in [-0.4, -0.2) is 23.5 Å². The van der Waals surface area contributed by atoms with Gasteiger partial charge in [-0.25, -0.2) is 0 Å². The molecule has 0 spiro atoms.